The third-order valence-electron chi connectivity index (χ3n) is 5.06. The van der Waals surface area contributed by atoms with Crippen molar-refractivity contribution >= 4 is 27.5 Å². The Bertz CT molecular complexity index is 1120. The summed E-state index contributed by atoms with van der Waals surface area (Å²) in [6.07, 6.45) is 4.03. The zero-order valence-electron chi connectivity index (χ0n) is 15.8. The van der Waals surface area contributed by atoms with Gasteiger partial charge in [-0.3, -0.25) is 28.7 Å². The average Bonchev–Trinajstić information content (AvgIpc) is 3.24. The summed E-state index contributed by atoms with van der Waals surface area (Å²) in [4.78, 5) is 37.7. The molecule has 3 amide bonds. The summed E-state index contributed by atoms with van der Waals surface area (Å²) >= 11 is 0. The summed E-state index contributed by atoms with van der Waals surface area (Å²) < 4.78 is 20.6. The molecule has 2 aliphatic heterocycles. The van der Waals surface area contributed by atoms with Gasteiger partial charge < -0.3 is 4.90 Å². The molecule has 1 aromatic carbocycles. The molecule has 0 spiro atoms. The number of hydrogen-bond donors (Lipinski definition) is 2. The van der Waals surface area contributed by atoms with Gasteiger partial charge in [0.05, 0.1) is 17.6 Å². The summed E-state index contributed by atoms with van der Waals surface area (Å²) in [5.74, 6) is -0.770. The van der Waals surface area contributed by atoms with Crippen LogP contribution in [0.1, 0.15) is 34.5 Å². The second-order valence-corrected chi connectivity index (χ2v) is 9.77. The van der Waals surface area contributed by atoms with E-state index in [1.165, 1.54) is 11.2 Å². The number of aromatic nitrogens is 3. The molecular weight excluding hydrogens is 396 g/mol. The zero-order chi connectivity index (χ0) is 20.8. The molecular formula is C18H20N6O4S. The first-order valence-electron chi connectivity index (χ1n) is 9.12. The van der Waals surface area contributed by atoms with E-state index in [-0.39, 0.29) is 30.5 Å². The number of nitrogens with zero attached hydrogens (tertiary/aromatic N) is 4. The fourth-order valence-electron chi connectivity index (χ4n) is 3.54. The van der Waals surface area contributed by atoms with Crippen LogP contribution in [0.15, 0.2) is 24.4 Å². The lowest BCUT2D eigenvalue weighted by Gasteiger charge is -2.29. The van der Waals surface area contributed by atoms with Crippen LogP contribution in [-0.2, 0) is 32.3 Å². The smallest absolute Gasteiger partial charge is 0.255 e. The zero-order valence-corrected chi connectivity index (χ0v) is 16.6. The van der Waals surface area contributed by atoms with Crippen molar-refractivity contribution in [1.82, 2.24) is 25.2 Å². The van der Waals surface area contributed by atoms with Gasteiger partial charge in [0.15, 0.2) is 0 Å². The van der Waals surface area contributed by atoms with Crippen molar-refractivity contribution in [3.63, 3.8) is 0 Å². The number of aryl methyl sites for hydroxylation is 1. The highest BCUT2D eigenvalue weighted by molar-refractivity contribution is 7.91. The van der Waals surface area contributed by atoms with Gasteiger partial charge in [-0.1, -0.05) is 5.21 Å². The lowest BCUT2D eigenvalue weighted by atomic mass is 10.0. The maximum Gasteiger partial charge on any atom is 0.255 e. The first-order valence-corrected chi connectivity index (χ1v) is 11.3. The van der Waals surface area contributed by atoms with Crippen molar-refractivity contribution in [2.75, 3.05) is 12.0 Å². The van der Waals surface area contributed by atoms with Crippen LogP contribution in [0.25, 0.3) is 5.69 Å². The van der Waals surface area contributed by atoms with Crippen molar-refractivity contribution in [2.45, 2.75) is 31.8 Å². The monoisotopic (exact) mass is 416 g/mol. The van der Waals surface area contributed by atoms with E-state index < -0.39 is 21.7 Å². The third-order valence-corrected chi connectivity index (χ3v) is 6.04. The molecule has 0 aliphatic carbocycles. The van der Waals surface area contributed by atoms with Gasteiger partial charge in [0.2, 0.25) is 11.8 Å². The number of nitrogens with one attached hydrogen (secondary N) is 2. The predicted molar refractivity (Wildman–Crippen MR) is 103 cm³/mol. The van der Waals surface area contributed by atoms with Crippen molar-refractivity contribution in [3.8, 4) is 5.69 Å². The van der Waals surface area contributed by atoms with Gasteiger partial charge in [0, 0.05) is 46.7 Å². The molecule has 152 valence electrons. The molecule has 2 atom stereocenters. The minimum Gasteiger partial charge on any atom is -0.322 e. The van der Waals surface area contributed by atoms with Crippen molar-refractivity contribution < 1.29 is 18.6 Å². The highest BCUT2D eigenvalue weighted by Gasteiger charge is 2.39. The van der Waals surface area contributed by atoms with E-state index in [2.05, 4.69) is 15.6 Å². The third kappa shape index (κ3) is 3.90. The Labute approximate surface area is 167 Å². The van der Waals surface area contributed by atoms with Gasteiger partial charge in [-0.15, -0.1) is 5.10 Å². The van der Waals surface area contributed by atoms with Crippen LogP contribution in [-0.4, -0.2) is 59.9 Å². The van der Waals surface area contributed by atoms with Crippen molar-refractivity contribution in [3.05, 3.63) is 41.2 Å². The minimum atomic E-state index is -2.59. The molecule has 4 rings (SSSR count). The van der Waals surface area contributed by atoms with E-state index in [4.69, 9.17) is 4.78 Å². The quantitative estimate of drug-likeness (QED) is 0.670. The molecule has 1 aromatic heterocycles. The molecule has 2 unspecified atom stereocenters. The Morgan fingerprint density at radius 1 is 1.31 bits per heavy atom. The summed E-state index contributed by atoms with van der Waals surface area (Å²) in [5.41, 5.74) is 2.65. The summed E-state index contributed by atoms with van der Waals surface area (Å²) in [6.45, 7) is 0.284. The van der Waals surface area contributed by atoms with E-state index in [1.807, 2.05) is 6.07 Å². The standard InChI is InChI=1S/C18H20N6O4S/c1-29(19,28)7-6-12-10-24(22-21-12)13-2-3-14-11(8-13)9-23(18(14)27)15-4-5-16(25)20-17(15)26/h2-3,8,10,15,19H,4-7,9H2,1H3,(H,20,25,26). The Morgan fingerprint density at radius 2 is 2.10 bits per heavy atom. The molecule has 2 N–H and O–H groups in total. The minimum absolute atomic E-state index is 0.214. The van der Waals surface area contributed by atoms with Crippen LogP contribution in [0.5, 0.6) is 0 Å². The molecule has 0 bridgehead atoms. The number of carbonyl (C=O) groups excluding carboxylic acids is 3. The van der Waals surface area contributed by atoms with E-state index in [0.29, 0.717) is 29.8 Å². The van der Waals surface area contributed by atoms with E-state index in [0.717, 1.165) is 5.56 Å². The van der Waals surface area contributed by atoms with Gasteiger partial charge >= 0.3 is 0 Å². The number of hydrogen-bond acceptors (Lipinski definition) is 7. The van der Waals surface area contributed by atoms with Gasteiger partial charge in [0.25, 0.3) is 5.91 Å². The van der Waals surface area contributed by atoms with Gasteiger partial charge in [0.1, 0.15) is 6.04 Å². The fourth-order valence-corrected chi connectivity index (χ4v) is 4.14. The number of amides is 3. The molecule has 29 heavy (non-hydrogen) atoms. The number of imide groups is 1. The maximum atomic E-state index is 12.7. The Balaban J connectivity index is 1.53. The summed E-state index contributed by atoms with van der Waals surface area (Å²) in [5, 5.41) is 10.4. The topological polar surface area (TPSA) is 138 Å². The highest BCUT2D eigenvalue weighted by atomic mass is 32.2. The van der Waals surface area contributed by atoms with E-state index in [1.54, 1.807) is 23.0 Å². The summed E-state index contributed by atoms with van der Waals surface area (Å²) in [7, 11) is -2.59. The Hall–Kier alpha value is -3.08. The predicted octanol–water partition coefficient (Wildman–Crippen LogP) is 0.247. The first kappa shape index (κ1) is 19.2. The van der Waals surface area contributed by atoms with Crippen LogP contribution in [0.4, 0.5) is 0 Å². The normalized spacial score (nSPS) is 21.1. The molecule has 0 saturated carbocycles. The van der Waals surface area contributed by atoms with Crippen LogP contribution in [0.3, 0.4) is 0 Å². The molecule has 0 radical (unpaired) electrons. The van der Waals surface area contributed by atoms with Crippen LogP contribution in [0, 0.1) is 4.78 Å². The van der Waals surface area contributed by atoms with Gasteiger partial charge in [-0.05, 0) is 30.2 Å². The molecule has 11 heteroatoms. The van der Waals surface area contributed by atoms with Crippen LogP contribution < -0.4 is 5.32 Å². The molecule has 10 nitrogen and oxygen atoms in total. The largest absolute Gasteiger partial charge is 0.322 e. The molecule has 1 fully saturated rings. The first-order chi connectivity index (χ1) is 13.7. The molecule has 1 saturated heterocycles. The van der Waals surface area contributed by atoms with E-state index >= 15 is 0 Å². The number of fused-ring (bicyclic) bond motifs is 1. The molecule has 3 heterocycles. The van der Waals surface area contributed by atoms with Gasteiger partial charge in [-0.2, -0.15) is 0 Å². The van der Waals surface area contributed by atoms with Gasteiger partial charge in [-0.25, -0.2) is 4.68 Å². The molecule has 2 aromatic rings. The second-order valence-electron chi connectivity index (χ2n) is 7.35. The Kier molecular flexibility index (Phi) is 4.69. The number of rotatable bonds is 5. The average molecular weight is 416 g/mol. The lowest BCUT2D eigenvalue weighted by molar-refractivity contribution is -0.136. The second kappa shape index (κ2) is 7.07. The van der Waals surface area contributed by atoms with Crippen LogP contribution >= 0.6 is 0 Å². The van der Waals surface area contributed by atoms with Crippen molar-refractivity contribution in [1.29, 1.82) is 4.78 Å². The highest BCUT2D eigenvalue weighted by Crippen LogP contribution is 2.29. The van der Waals surface area contributed by atoms with E-state index in [9.17, 15) is 18.6 Å². The number of carbonyl (C=O) groups is 3. The fraction of sp³-hybridized carbons (Fsp3) is 0.389. The number of benzene rings is 1. The Morgan fingerprint density at radius 3 is 2.83 bits per heavy atom. The lowest BCUT2D eigenvalue weighted by Crippen LogP contribution is -2.52. The molecule has 2 aliphatic rings. The number of piperidine rings is 1. The van der Waals surface area contributed by atoms with Crippen molar-refractivity contribution in [2.24, 2.45) is 0 Å². The van der Waals surface area contributed by atoms with Crippen LogP contribution in [0.2, 0.25) is 0 Å². The summed E-state index contributed by atoms with van der Waals surface area (Å²) in [6, 6.07) is 4.62. The SMILES string of the molecule is CS(=N)(=O)CCc1cn(-c2ccc3c(c2)CN(C2CCC(=O)NC2=O)C3=O)nn1. The maximum absolute atomic E-state index is 12.7.